The van der Waals surface area contributed by atoms with Crippen LogP contribution >= 0.6 is 0 Å². The van der Waals surface area contributed by atoms with Gasteiger partial charge in [-0.05, 0) is 52.2 Å². The monoisotopic (exact) mass is 471 g/mol. The zero-order chi connectivity index (χ0) is 24.6. The fourth-order valence-corrected chi connectivity index (χ4v) is 4.43. The maximum atomic E-state index is 12.6. The number of pyridine rings is 1. The van der Waals surface area contributed by atoms with Gasteiger partial charge in [0.25, 0.3) is 0 Å². The highest BCUT2D eigenvalue weighted by molar-refractivity contribution is 5.90. The van der Waals surface area contributed by atoms with Crippen molar-refractivity contribution in [2.75, 3.05) is 6.61 Å². The first-order valence-electron chi connectivity index (χ1n) is 12.4. The van der Waals surface area contributed by atoms with E-state index in [0.717, 1.165) is 25.2 Å². The fourth-order valence-electron chi connectivity index (χ4n) is 4.43. The predicted molar refractivity (Wildman–Crippen MR) is 127 cm³/mol. The van der Waals surface area contributed by atoms with Crippen molar-refractivity contribution >= 4 is 11.9 Å². The minimum atomic E-state index is -0.554. The van der Waals surface area contributed by atoms with Crippen molar-refractivity contribution in [1.29, 1.82) is 0 Å². The smallest absolute Gasteiger partial charge is 0.338 e. The Morgan fingerprint density at radius 3 is 2.68 bits per heavy atom. The lowest BCUT2D eigenvalue weighted by Crippen LogP contribution is -2.25. The number of carbonyl (C=O) groups is 2. The van der Waals surface area contributed by atoms with Gasteiger partial charge >= 0.3 is 11.9 Å². The number of hydrogen-bond donors (Lipinski definition) is 0. The van der Waals surface area contributed by atoms with Gasteiger partial charge < -0.3 is 14.0 Å². The van der Waals surface area contributed by atoms with Gasteiger partial charge in [0.2, 0.25) is 11.7 Å². The molecule has 0 amide bonds. The van der Waals surface area contributed by atoms with Gasteiger partial charge in [0.05, 0.1) is 18.6 Å². The van der Waals surface area contributed by atoms with Gasteiger partial charge in [-0.25, -0.2) is 4.79 Å². The van der Waals surface area contributed by atoms with Crippen LogP contribution in [-0.4, -0.2) is 39.3 Å². The summed E-state index contributed by atoms with van der Waals surface area (Å²) in [5.41, 5.74) is 0.232. The highest BCUT2D eigenvalue weighted by atomic mass is 16.6. The summed E-state index contributed by atoms with van der Waals surface area (Å²) in [6.07, 6.45) is 11.2. The summed E-state index contributed by atoms with van der Waals surface area (Å²) >= 11 is 0. The summed E-state index contributed by atoms with van der Waals surface area (Å²) in [5.74, 6) is 0.505. The molecule has 186 valence electrons. The van der Waals surface area contributed by atoms with Gasteiger partial charge in [-0.1, -0.05) is 50.1 Å². The Morgan fingerprint density at radius 1 is 1.21 bits per heavy atom. The van der Waals surface area contributed by atoms with Gasteiger partial charge in [-0.15, -0.1) is 0 Å². The van der Waals surface area contributed by atoms with E-state index in [1.165, 1.54) is 38.3 Å². The average molecular weight is 472 g/mol. The van der Waals surface area contributed by atoms with Gasteiger partial charge in [-0.2, -0.15) is 4.98 Å². The van der Waals surface area contributed by atoms with E-state index >= 15 is 0 Å². The first kappa shape index (κ1) is 25.8. The minimum Gasteiger partial charge on any atom is -0.462 e. The van der Waals surface area contributed by atoms with Crippen molar-refractivity contribution in [3.8, 4) is 11.5 Å². The van der Waals surface area contributed by atoms with Crippen LogP contribution in [0.25, 0.3) is 11.5 Å². The molecule has 2 aromatic rings. The molecule has 1 saturated carbocycles. The van der Waals surface area contributed by atoms with Crippen molar-refractivity contribution in [2.45, 2.75) is 97.0 Å². The molecule has 3 rings (SSSR count). The number of esters is 2. The first-order valence-corrected chi connectivity index (χ1v) is 12.4. The molecule has 0 spiro atoms. The van der Waals surface area contributed by atoms with Gasteiger partial charge in [0.15, 0.2) is 0 Å². The summed E-state index contributed by atoms with van der Waals surface area (Å²) in [6, 6.07) is 3.16. The van der Waals surface area contributed by atoms with Crippen LogP contribution in [0.15, 0.2) is 22.9 Å². The first-order chi connectivity index (χ1) is 16.2. The molecule has 1 atom stereocenters. The molecule has 1 fully saturated rings. The lowest BCUT2D eigenvalue weighted by atomic mass is 9.84. The Morgan fingerprint density at radius 2 is 1.97 bits per heavy atom. The van der Waals surface area contributed by atoms with Crippen LogP contribution in [0.4, 0.5) is 0 Å². The summed E-state index contributed by atoms with van der Waals surface area (Å²) in [4.78, 5) is 33.5. The second-order valence-corrected chi connectivity index (χ2v) is 10.0. The molecule has 0 aromatic carbocycles. The third-order valence-electron chi connectivity index (χ3n) is 6.01. The van der Waals surface area contributed by atoms with Crippen LogP contribution in [0.3, 0.4) is 0 Å². The van der Waals surface area contributed by atoms with Crippen molar-refractivity contribution in [2.24, 2.45) is 5.92 Å². The third-order valence-corrected chi connectivity index (χ3v) is 6.01. The van der Waals surface area contributed by atoms with Crippen LogP contribution < -0.4 is 0 Å². The zero-order valence-electron chi connectivity index (χ0n) is 20.8. The molecule has 0 bridgehead atoms. The van der Waals surface area contributed by atoms with E-state index in [4.69, 9.17) is 14.0 Å². The van der Waals surface area contributed by atoms with Crippen LogP contribution in [-0.2, 0) is 14.3 Å². The fraction of sp³-hybridized carbons (Fsp3) is 0.654. The number of hydrogen-bond acceptors (Lipinski definition) is 8. The normalized spacial score (nSPS) is 15.6. The molecule has 34 heavy (non-hydrogen) atoms. The van der Waals surface area contributed by atoms with Gasteiger partial charge in [0.1, 0.15) is 11.3 Å². The van der Waals surface area contributed by atoms with E-state index in [2.05, 4.69) is 15.1 Å². The summed E-state index contributed by atoms with van der Waals surface area (Å²) < 4.78 is 16.2. The number of rotatable bonds is 10. The number of nitrogens with zero attached hydrogens (tertiary/aromatic N) is 3. The van der Waals surface area contributed by atoms with Crippen LogP contribution in [0, 0.1) is 5.92 Å². The molecule has 0 N–H and O–H groups in total. The summed E-state index contributed by atoms with van der Waals surface area (Å²) in [7, 11) is 0. The molecule has 2 aromatic heterocycles. The van der Waals surface area contributed by atoms with Gasteiger partial charge in [-0.3, -0.25) is 9.78 Å². The SMILES string of the molecule is CCOC(=O)c1ccnc(-c2noc([C@H](CCCC3CCCCC3)CC(=O)OC(C)(C)C)n2)c1. The Hall–Kier alpha value is -2.77. The lowest BCUT2D eigenvalue weighted by molar-refractivity contribution is -0.155. The average Bonchev–Trinajstić information content (AvgIpc) is 3.28. The standard InChI is InChI=1S/C26H37N3O5/c1-5-32-25(31)20-14-15-27-21(16-20)23-28-24(34-29-23)19(17-22(30)33-26(2,3)4)13-9-12-18-10-7-6-8-11-18/h14-16,18-19H,5-13,17H2,1-4H3/t19-/m1/s1. The predicted octanol–water partition coefficient (Wildman–Crippen LogP) is 5.87. The van der Waals surface area contributed by atoms with E-state index in [0.29, 0.717) is 17.1 Å². The molecule has 2 heterocycles. The number of aromatic nitrogens is 3. The quantitative estimate of drug-likeness (QED) is 0.396. The van der Waals surface area contributed by atoms with E-state index in [1.54, 1.807) is 19.1 Å². The van der Waals surface area contributed by atoms with E-state index in [-0.39, 0.29) is 30.7 Å². The van der Waals surface area contributed by atoms with Crippen LogP contribution in [0.1, 0.15) is 108 Å². The minimum absolute atomic E-state index is 0.180. The highest BCUT2D eigenvalue weighted by Crippen LogP contribution is 2.32. The second-order valence-electron chi connectivity index (χ2n) is 10.0. The van der Waals surface area contributed by atoms with Crippen molar-refractivity contribution in [3.05, 3.63) is 29.8 Å². The van der Waals surface area contributed by atoms with E-state index < -0.39 is 11.6 Å². The molecular formula is C26H37N3O5. The molecule has 8 heteroatoms. The molecule has 0 radical (unpaired) electrons. The Labute approximate surface area is 201 Å². The van der Waals surface area contributed by atoms with Crippen molar-refractivity contribution < 1.29 is 23.6 Å². The summed E-state index contributed by atoms with van der Waals surface area (Å²) in [6.45, 7) is 7.61. The number of ether oxygens (including phenoxy) is 2. The van der Waals surface area contributed by atoms with Crippen molar-refractivity contribution in [3.63, 3.8) is 0 Å². The Balaban J connectivity index is 1.72. The largest absolute Gasteiger partial charge is 0.462 e. The molecule has 1 aliphatic carbocycles. The van der Waals surface area contributed by atoms with E-state index in [9.17, 15) is 9.59 Å². The van der Waals surface area contributed by atoms with Crippen LogP contribution in [0.5, 0.6) is 0 Å². The summed E-state index contributed by atoms with van der Waals surface area (Å²) in [5, 5.41) is 4.08. The second kappa shape index (κ2) is 12.1. The zero-order valence-corrected chi connectivity index (χ0v) is 20.8. The molecule has 1 aliphatic rings. The lowest BCUT2D eigenvalue weighted by Gasteiger charge is -2.23. The Bertz CT molecular complexity index is 944. The topological polar surface area (TPSA) is 104 Å². The Kier molecular flexibility index (Phi) is 9.19. The molecule has 0 unspecified atom stereocenters. The molecular weight excluding hydrogens is 434 g/mol. The van der Waals surface area contributed by atoms with Crippen LogP contribution in [0.2, 0.25) is 0 Å². The molecule has 0 saturated heterocycles. The highest BCUT2D eigenvalue weighted by Gasteiger charge is 2.27. The molecule has 0 aliphatic heterocycles. The van der Waals surface area contributed by atoms with Gasteiger partial charge in [0, 0.05) is 12.1 Å². The maximum absolute atomic E-state index is 12.6. The van der Waals surface area contributed by atoms with Crippen molar-refractivity contribution in [1.82, 2.24) is 15.1 Å². The molecule has 8 nitrogen and oxygen atoms in total. The third kappa shape index (κ3) is 7.92. The maximum Gasteiger partial charge on any atom is 0.338 e. The van der Waals surface area contributed by atoms with E-state index in [1.807, 2.05) is 20.8 Å². The number of carbonyl (C=O) groups excluding carboxylic acids is 2.